The van der Waals surface area contributed by atoms with Crippen LogP contribution in [0.15, 0.2) is 96.5 Å². The summed E-state index contributed by atoms with van der Waals surface area (Å²) >= 11 is 0. The number of alkyl halides is 1. The molecule has 9 heteroatoms. The summed E-state index contributed by atoms with van der Waals surface area (Å²) in [6, 6.07) is 17.0. The van der Waals surface area contributed by atoms with Crippen LogP contribution in [-0.2, 0) is 27.8 Å². The van der Waals surface area contributed by atoms with Crippen LogP contribution in [0.2, 0.25) is 0 Å². The second kappa shape index (κ2) is 14.5. The lowest BCUT2D eigenvalue weighted by Gasteiger charge is -2.30. The SMILES string of the molecule is C=C/C=C(\C=C/CF)S(=O)(=O)NC1CCCc2ccc(N(Cc3cccc(C)n3)C(=O)C[C@H](C)c3ccc(F)cc3)cc21. The number of aryl methyl sites for hydroxylation is 2. The fourth-order valence-corrected chi connectivity index (χ4v) is 6.60. The van der Waals surface area contributed by atoms with Crippen molar-refractivity contribution in [3.05, 3.63) is 130 Å². The number of nitrogens with zero attached hydrogens (tertiary/aromatic N) is 2. The zero-order chi connectivity index (χ0) is 31.0. The lowest BCUT2D eigenvalue weighted by atomic mass is 9.87. The highest BCUT2D eigenvalue weighted by atomic mass is 32.2. The molecular weight excluding hydrogens is 568 g/mol. The van der Waals surface area contributed by atoms with Gasteiger partial charge in [-0.05, 0) is 97.3 Å². The molecule has 0 saturated carbocycles. The summed E-state index contributed by atoms with van der Waals surface area (Å²) in [6.07, 6.45) is 7.34. The Hall–Kier alpha value is -3.95. The van der Waals surface area contributed by atoms with Crippen LogP contribution in [0.3, 0.4) is 0 Å². The van der Waals surface area contributed by atoms with E-state index in [-0.39, 0.29) is 35.5 Å². The van der Waals surface area contributed by atoms with Crippen molar-refractivity contribution in [1.29, 1.82) is 0 Å². The van der Waals surface area contributed by atoms with E-state index in [1.54, 1.807) is 17.0 Å². The number of carbonyl (C=O) groups is 1. The predicted octanol–water partition coefficient (Wildman–Crippen LogP) is 7.15. The van der Waals surface area contributed by atoms with Crippen molar-refractivity contribution < 1.29 is 22.0 Å². The second-order valence-corrected chi connectivity index (χ2v) is 12.4. The highest BCUT2D eigenvalue weighted by molar-refractivity contribution is 7.93. The van der Waals surface area contributed by atoms with Crippen LogP contribution < -0.4 is 9.62 Å². The van der Waals surface area contributed by atoms with Crippen LogP contribution in [-0.4, -0.2) is 26.0 Å². The molecule has 2 atom stereocenters. The molecule has 1 aliphatic carbocycles. The Bertz CT molecular complexity index is 1620. The number of pyridine rings is 1. The molecule has 0 spiro atoms. The number of amides is 1. The topological polar surface area (TPSA) is 79.4 Å². The molecule has 1 heterocycles. The number of anilines is 1. The van der Waals surface area contributed by atoms with Crippen LogP contribution in [0.1, 0.15) is 66.2 Å². The van der Waals surface area contributed by atoms with Gasteiger partial charge in [-0.2, -0.15) is 0 Å². The number of sulfonamides is 1. The van der Waals surface area contributed by atoms with Crippen molar-refractivity contribution in [3.8, 4) is 0 Å². The second-order valence-electron chi connectivity index (χ2n) is 10.7. The van der Waals surface area contributed by atoms with Gasteiger partial charge in [0.1, 0.15) is 12.5 Å². The summed E-state index contributed by atoms with van der Waals surface area (Å²) in [6.45, 7) is 6.83. The number of fused-ring (bicyclic) bond motifs is 1. The maximum absolute atomic E-state index is 13.9. The van der Waals surface area contributed by atoms with Gasteiger partial charge in [-0.1, -0.05) is 49.9 Å². The fraction of sp³-hybridized carbons (Fsp3) is 0.294. The number of nitrogens with one attached hydrogen (secondary N) is 1. The van der Waals surface area contributed by atoms with Crippen LogP contribution in [0, 0.1) is 12.7 Å². The van der Waals surface area contributed by atoms with Crippen molar-refractivity contribution in [1.82, 2.24) is 9.71 Å². The molecule has 6 nitrogen and oxygen atoms in total. The normalized spacial score (nSPS) is 16.1. The van der Waals surface area contributed by atoms with E-state index in [0.29, 0.717) is 12.1 Å². The molecule has 4 rings (SSSR count). The predicted molar refractivity (Wildman–Crippen MR) is 167 cm³/mol. The molecule has 1 aromatic heterocycles. The van der Waals surface area contributed by atoms with Gasteiger partial charge in [0.05, 0.1) is 17.1 Å². The van der Waals surface area contributed by atoms with Gasteiger partial charge in [-0.15, -0.1) is 0 Å². The van der Waals surface area contributed by atoms with Crippen LogP contribution in [0.25, 0.3) is 0 Å². The van der Waals surface area contributed by atoms with Crippen molar-refractivity contribution in [3.63, 3.8) is 0 Å². The van der Waals surface area contributed by atoms with Gasteiger partial charge in [0, 0.05) is 23.8 Å². The average Bonchev–Trinajstić information content (AvgIpc) is 2.98. The Morgan fingerprint density at radius 1 is 1.19 bits per heavy atom. The first-order valence-corrected chi connectivity index (χ1v) is 15.8. The minimum absolute atomic E-state index is 0.0828. The fourth-order valence-electron chi connectivity index (χ4n) is 5.30. The van der Waals surface area contributed by atoms with E-state index >= 15 is 0 Å². The quantitative estimate of drug-likeness (QED) is 0.223. The standard InChI is InChI=1S/C34H37F2N3O3S/c1-4-8-31(12-7-20-35)43(41,42)38-33-13-6-10-27-16-19-30(22-32(27)33)39(23-29-11-5-9-25(3)37-29)34(40)21-24(2)26-14-17-28(36)18-15-26/h4-5,7-9,11-12,14-19,22,24,33,38H,1,6,10,13,20-21,23H2,2-3H3/b12-7-,31-8+/t24-,33?/m0/s1. The number of hydrogen-bond donors (Lipinski definition) is 1. The molecule has 1 N–H and O–H groups in total. The van der Waals surface area contributed by atoms with Crippen LogP contribution >= 0.6 is 0 Å². The van der Waals surface area contributed by atoms with Crippen molar-refractivity contribution in [2.45, 2.75) is 58.0 Å². The molecule has 43 heavy (non-hydrogen) atoms. The van der Waals surface area contributed by atoms with Gasteiger partial charge in [0.2, 0.25) is 15.9 Å². The summed E-state index contributed by atoms with van der Waals surface area (Å²) in [7, 11) is -3.98. The first-order valence-electron chi connectivity index (χ1n) is 14.3. The van der Waals surface area contributed by atoms with Gasteiger partial charge in [-0.25, -0.2) is 21.9 Å². The lowest BCUT2D eigenvalue weighted by Crippen LogP contribution is -2.33. The van der Waals surface area contributed by atoms with E-state index in [2.05, 4.69) is 16.3 Å². The molecule has 0 aliphatic heterocycles. The zero-order valence-electron chi connectivity index (χ0n) is 24.5. The third-order valence-electron chi connectivity index (χ3n) is 7.50. The third-order valence-corrected chi connectivity index (χ3v) is 8.99. The molecule has 0 fully saturated rings. The van der Waals surface area contributed by atoms with E-state index in [0.717, 1.165) is 47.0 Å². The number of allylic oxidation sites excluding steroid dienone is 4. The largest absolute Gasteiger partial charge is 0.306 e. The average molecular weight is 606 g/mol. The third kappa shape index (κ3) is 8.33. The summed E-state index contributed by atoms with van der Waals surface area (Å²) in [5.41, 5.74) is 4.82. The Labute approximate surface area is 252 Å². The lowest BCUT2D eigenvalue weighted by molar-refractivity contribution is -0.119. The van der Waals surface area contributed by atoms with Crippen molar-refractivity contribution in [2.24, 2.45) is 0 Å². The number of carbonyl (C=O) groups excluding carboxylic acids is 1. The number of rotatable bonds is 12. The Balaban J connectivity index is 1.68. The summed E-state index contributed by atoms with van der Waals surface area (Å²) in [5, 5.41) is 0. The van der Waals surface area contributed by atoms with Gasteiger partial charge < -0.3 is 4.90 Å². The van der Waals surface area contributed by atoms with Crippen molar-refractivity contribution in [2.75, 3.05) is 11.6 Å². The van der Waals surface area contributed by atoms with Gasteiger partial charge in [0.25, 0.3) is 0 Å². The Morgan fingerprint density at radius 3 is 2.65 bits per heavy atom. The number of hydrogen-bond acceptors (Lipinski definition) is 4. The molecule has 2 aromatic carbocycles. The molecule has 1 unspecified atom stereocenters. The van der Waals surface area contributed by atoms with E-state index in [1.807, 2.05) is 50.2 Å². The minimum Gasteiger partial charge on any atom is -0.306 e. The van der Waals surface area contributed by atoms with Gasteiger partial charge >= 0.3 is 0 Å². The first kappa shape index (κ1) is 32.0. The van der Waals surface area contributed by atoms with Gasteiger partial charge in [-0.3, -0.25) is 9.78 Å². The molecule has 3 aromatic rings. The molecule has 1 aliphatic rings. The first-order chi connectivity index (χ1) is 20.6. The van der Waals surface area contributed by atoms with Crippen LogP contribution in [0.5, 0.6) is 0 Å². The number of halogens is 2. The molecule has 0 bridgehead atoms. The van der Waals surface area contributed by atoms with E-state index in [9.17, 15) is 22.0 Å². The van der Waals surface area contributed by atoms with Gasteiger partial charge in [0.15, 0.2) is 0 Å². The molecule has 0 radical (unpaired) electrons. The van der Waals surface area contributed by atoms with E-state index in [1.165, 1.54) is 30.4 Å². The maximum atomic E-state index is 13.9. The number of benzene rings is 2. The van der Waals surface area contributed by atoms with Crippen LogP contribution in [0.4, 0.5) is 14.5 Å². The highest BCUT2D eigenvalue weighted by Gasteiger charge is 2.28. The Morgan fingerprint density at radius 2 is 1.95 bits per heavy atom. The highest BCUT2D eigenvalue weighted by Crippen LogP contribution is 2.35. The summed E-state index contributed by atoms with van der Waals surface area (Å²) in [5.74, 6) is -0.634. The summed E-state index contributed by atoms with van der Waals surface area (Å²) in [4.78, 5) is 20.1. The Kier molecular flexibility index (Phi) is 10.8. The van der Waals surface area contributed by atoms with Crippen molar-refractivity contribution >= 4 is 21.6 Å². The van der Waals surface area contributed by atoms with E-state index < -0.39 is 22.7 Å². The minimum atomic E-state index is -3.98. The monoisotopic (exact) mass is 605 g/mol. The molecular formula is C34H37F2N3O3S. The smallest absolute Gasteiger partial charge is 0.241 e. The molecule has 1 amide bonds. The summed E-state index contributed by atoms with van der Waals surface area (Å²) < 4.78 is 55.6. The zero-order valence-corrected chi connectivity index (χ0v) is 25.3. The van der Waals surface area contributed by atoms with E-state index in [4.69, 9.17) is 0 Å². The molecule has 0 saturated heterocycles. The maximum Gasteiger partial charge on any atom is 0.241 e. The molecule has 226 valence electrons. The number of aromatic nitrogens is 1.